The van der Waals surface area contributed by atoms with Crippen molar-refractivity contribution in [2.24, 2.45) is 14.1 Å². The monoisotopic (exact) mass is 1220 g/mol. The number of carboxylic acid groups (broad SMARTS) is 1. The van der Waals surface area contributed by atoms with Crippen molar-refractivity contribution in [3.63, 3.8) is 0 Å². The first-order chi connectivity index (χ1) is 41.1. The fourth-order valence-corrected chi connectivity index (χ4v) is 12.1. The number of anilines is 1. The summed E-state index contributed by atoms with van der Waals surface area (Å²) in [6.45, 7) is 23.7. The second kappa shape index (κ2) is 35.0. The summed E-state index contributed by atoms with van der Waals surface area (Å²) in [4.78, 5) is 106. The number of aromatic nitrogens is 3. The number of hydrogen-bond acceptors (Lipinski definition) is 16. The van der Waals surface area contributed by atoms with Gasteiger partial charge in [-0.05, 0) is 113 Å². The number of benzene rings is 2. The van der Waals surface area contributed by atoms with Gasteiger partial charge in [0.15, 0.2) is 0 Å². The van der Waals surface area contributed by atoms with Crippen LogP contribution in [0, 0.1) is 13.8 Å². The number of carbonyl (C=O) groups excluding carboxylic acids is 5. The molecule has 0 radical (unpaired) electrons. The fraction of sp³-hybridized carbons (Fsp3) is 0.600. The number of amides is 5. The van der Waals surface area contributed by atoms with E-state index in [4.69, 9.17) is 4.74 Å². The molecule has 0 saturated carbocycles. The first kappa shape index (κ1) is 69.8. The van der Waals surface area contributed by atoms with E-state index >= 15 is 0 Å². The van der Waals surface area contributed by atoms with Gasteiger partial charge in [-0.1, -0.05) is 40.7 Å². The zero-order valence-corrected chi connectivity index (χ0v) is 52.7. The molecule has 2 aromatic carbocycles. The molecule has 3 atom stereocenters. The number of imidazole rings is 1. The van der Waals surface area contributed by atoms with Crippen molar-refractivity contribution in [1.82, 2.24) is 65.0 Å². The number of rotatable bonds is 32. The molecule has 26 heteroatoms. The van der Waals surface area contributed by atoms with Crippen molar-refractivity contribution in [2.45, 2.75) is 123 Å². The molecule has 1 aliphatic rings. The highest BCUT2D eigenvalue weighted by Crippen LogP contribution is 2.26. The van der Waals surface area contributed by atoms with Crippen molar-refractivity contribution in [2.75, 3.05) is 110 Å². The molecule has 5 rings (SSSR count). The lowest BCUT2D eigenvalue weighted by atomic mass is 10.1. The predicted molar refractivity (Wildman–Crippen MR) is 332 cm³/mol. The molecule has 86 heavy (non-hydrogen) atoms. The largest absolute Gasteiger partial charge is 0.494 e. The second-order valence-electron chi connectivity index (χ2n) is 22.0. The lowest BCUT2D eigenvalue weighted by molar-refractivity contribution is -0.138. The summed E-state index contributed by atoms with van der Waals surface area (Å²) in [5.41, 5.74) is 1.08. The van der Waals surface area contributed by atoms with E-state index in [1.165, 1.54) is 32.2 Å². The van der Waals surface area contributed by atoms with E-state index in [-0.39, 0.29) is 71.4 Å². The van der Waals surface area contributed by atoms with Crippen LogP contribution in [0.4, 0.5) is 5.95 Å². The van der Waals surface area contributed by atoms with Gasteiger partial charge < -0.3 is 65.6 Å². The number of nitrogens with one attached hydrogen (secondary N) is 7. The van der Waals surface area contributed by atoms with Crippen LogP contribution in [-0.4, -0.2) is 206 Å². The molecule has 2 aromatic heterocycles. The Morgan fingerprint density at radius 2 is 1.27 bits per heavy atom. The van der Waals surface area contributed by atoms with Crippen LogP contribution in [0.25, 0.3) is 10.9 Å². The van der Waals surface area contributed by atoms with Crippen molar-refractivity contribution in [3.05, 3.63) is 81.4 Å². The molecule has 4 aromatic rings. The van der Waals surface area contributed by atoms with Gasteiger partial charge in [-0.25, -0.2) is 13.4 Å². The highest BCUT2D eigenvalue weighted by molar-refractivity contribution is 7.89. The Kier molecular flexibility index (Phi) is 28.4. The van der Waals surface area contributed by atoms with E-state index in [1.54, 1.807) is 43.1 Å². The Balaban J connectivity index is 1.03. The Labute approximate surface area is 506 Å². The maximum absolute atomic E-state index is 13.7. The molecular formula is C60H94N14O11S. The molecule has 25 nitrogen and oxygen atoms in total. The van der Waals surface area contributed by atoms with E-state index in [2.05, 4.69) is 82.0 Å². The number of ether oxygens (including phenoxy) is 1. The maximum atomic E-state index is 13.7. The second-order valence-corrected chi connectivity index (χ2v) is 23.7. The Morgan fingerprint density at radius 1 is 0.698 bits per heavy atom. The number of hydrogen-bond donors (Lipinski definition) is 8. The number of pyridine rings is 1. The van der Waals surface area contributed by atoms with Crippen LogP contribution in [0.2, 0.25) is 0 Å². The summed E-state index contributed by atoms with van der Waals surface area (Å²) < 4.78 is 38.9. The number of carboxylic acids is 1. The number of aliphatic carboxylic acids is 1. The molecule has 1 aliphatic heterocycles. The normalized spacial score (nSPS) is 15.4. The topological polar surface area (TPSA) is 303 Å². The minimum atomic E-state index is -4.48. The first-order valence-electron chi connectivity index (χ1n) is 30.3. The molecular weight excluding hydrogens is 1120 g/mol. The van der Waals surface area contributed by atoms with Gasteiger partial charge in [-0.2, -0.15) is 4.72 Å². The zero-order chi connectivity index (χ0) is 62.9. The third-order valence-corrected chi connectivity index (χ3v) is 16.9. The van der Waals surface area contributed by atoms with Crippen LogP contribution < -0.4 is 46.8 Å². The molecule has 0 bridgehead atoms. The summed E-state index contributed by atoms with van der Waals surface area (Å²) in [5.74, 6) is -2.87. The first-order valence-corrected chi connectivity index (χ1v) is 31.7. The van der Waals surface area contributed by atoms with Crippen molar-refractivity contribution >= 4 is 62.4 Å². The van der Waals surface area contributed by atoms with Crippen molar-refractivity contribution in [1.29, 1.82) is 0 Å². The van der Waals surface area contributed by atoms with E-state index in [1.807, 2.05) is 24.6 Å². The fourth-order valence-electron chi connectivity index (χ4n) is 10.4. The Bertz CT molecular complexity index is 3040. The van der Waals surface area contributed by atoms with Gasteiger partial charge in [0.25, 0.3) is 5.91 Å². The van der Waals surface area contributed by atoms with Gasteiger partial charge in [0.1, 0.15) is 29.4 Å². The number of fused-ring (bicyclic) bond motifs is 1. The quantitative estimate of drug-likeness (QED) is 0.0326. The molecule has 1 fully saturated rings. The smallest absolute Gasteiger partial charge is 0.323 e. The van der Waals surface area contributed by atoms with Gasteiger partial charge in [0.05, 0.1) is 23.6 Å². The molecule has 8 N–H and O–H groups in total. The molecule has 0 spiro atoms. The standard InChI is InChI=1S/C60H94N14O11S/c1-10-22-71-26-28-72(23-11-2)30-32-74(33-31-73(24-12-3)29-27-71)41-53(76)66-49(14-5)58(80)67-48(13-4)57(79)62-20-19-61-52(75)16-15-34-85-45-35-42(6)55(43(7)36-45)86(83,84)68-50(59(81)82)39-64-56(78)47-40-70(9)51-37-44(17-18-46(51)54(47)77)38-65-60-63-21-25-69(60)8/h17-18,21,25,35-37,40,48-50,68H,10-16,19-20,22-24,26-34,38-39,41H2,1-9H3,(H,61,75)(H,62,79)(H,63,65)(H,64,78)(H,66,76)(H,67,80)(H,81,82)/t48-,49-,50-/m0/s1. The SMILES string of the molecule is CCCN1CCN(CCC)CCN(CC(=O)N[C@@H](CC)C(=O)N[C@@H](CC)C(=O)NCCNC(=O)CCCOc2cc(C)c(S(=O)(=O)N[C@@H](CNC(=O)c3cn(C)c4cc(CNc5nccn5C)ccc4c3=O)C(=O)O)c(C)c2)CCN(CCC)CC1. The number of nitrogens with zero attached hydrogens (tertiary/aromatic N) is 7. The van der Waals surface area contributed by atoms with Gasteiger partial charge in [0, 0.05) is 123 Å². The van der Waals surface area contributed by atoms with Crippen molar-refractivity contribution in [3.8, 4) is 5.75 Å². The van der Waals surface area contributed by atoms with E-state index < -0.39 is 63.8 Å². The highest BCUT2D eigenvalue weighted by atomic mass is 32.2. The van der Waals surface area contributed by atoms with Crippen LogP contribution in [0.15, 0.2) is 58.6 Å². The van der Waals surface area contributed by atoms with E-state index in [0.717, 1.165) is 96.8 Å². The zero-order valence-electron chi connectivity index (χ0n) is 51.9. The van der Waals surface area contributed by atoms with Crippen LogP contribution in [0.3, 0.4) is 0 Å². The third-order valence-electron chi connectivity index (χ3n) is 15.1. The van der Waals surface area contributed by atoms with Crippen LogP contribution >= 0.6 is 0 Å². The van der Waals surface area contributed by atoms with E-state index in [9.17, 15) is 47.1 Å². The third kappa shape index (κ3) is 21.5. The lowest BCUT2D eigenvalue weighted by Gasteiger charge is -2.34. The summed E-state index contributed by atoms with van der Waals surface area (Å²) >= 11 is 0. The lowest BCUT2D eigenvalue weighted by Crippen LogP contribution is -2.55. The number of sulfonamides is 1. The van der Waals surface area contributed by atoms with Gasteiger partial charge in [-0.3, -0.25) is 38.5 Å². The predicted octanol–water partition coefficient (Wildman–Crippen LogP) is 2.30. The average molecular weight is 1220 g/mol. The summed E-state index contributed by atoms with van der Waals surface area (Å²) in [6, 6.07) is 4.63. The Hall–Kier alpha value is -6.97. The summed E-state index contributed by atoms with van der Waals surface area (Å²) in [7, 11) is -0.964. The molecule has 0 unspecified atom stereocenters. The number of aryl methyl sites for hydroxylation is 4. The average Bonchev–Trinajstić information content (AvgIpc) is 1.25. The molecule has 5 amide bonds. The summed E-state index contributed by atoms with van der Waals surface area (Å²) in [6.07, 6.45) is 9.05. The summed E-state index contributed by atoms with van der Waals surface area (Å²) in [5, 5.41) is 27.2. The van der Waals surface area contributed by atoms with Gasteiger partial charge in [-0.15, -0.1) is 0 Å². The van der Waals surface area contributed by atoms with E-state index in [0.29, 0.717) is 43.0 Å². The minimum Gasteiger partial charge on any atom is -0.494 e. The molecule has 476 valence electrons. The van der Waals surface area contributed by atoms with Crippen molar-refractivity contribution < 1.29 is 47.0 Å². The Morgan fingerprint density at radius 3 is 1.81 bits per heavy atom. The van der Waals surface area contributed by atoms with Gasteiger partial charge >= 0.3 is 5.97 Å². The van der Waals surface area contributed by atoms with Crippen LogP contribution in [0.1, 0.15) is 107 Å². The molecule has 0 aliphatic carbocycles. The van der Waals surface area contributed by atoms with Crippen LogP contribution in [-0.2, 0) is 54.6 Å². The highest BCUT2D eigenvalue weighted by Gasteiger charge is 2.30. The number of carbonyl (C=O) groups is 6. The minimum absolute atomic E-state index is 0.0828. The molecule has 3 heterocycles. The van der Waals surface area contributed by atoms with Gasteiger partial charge in [0.2, 0.25) is 45.0 Å². The molecule has 1 saturated heterocycles. The van der Waals surface area contributed by atoms with Crippen LogP contribution in [0.5, 0.6) is 5.75 Å². The maximum Gasteiger partial charge on any atom is 0.323 e.